The summed E-state index contributed by atoms with van der Waals surface area (Å²) >= 11 is 0. The van der Waals surface area contributed by atoms with Gasteiger partial charge in [-0.05, 0) is 56.0 Å². The number of nitriles is 1. The summed E-state index contributed by atoms with van der Waals surface area (Å²) in [6.07, 6.45) is 4.95. The van der Waals surface area contributed by atoms with Crippen molar-refractivity contribution in [3.63, 3.8) is 0 Å². The maximum Gasteiger partial charge on any atom is 0.254 e. The highest BCUT2D eigenvalue weighted by atomic mass is 19.1. The Balaban J connectivity index is 1.39. The van der Waals surface area contributed by atoms with Gasteiger partial charge >= 0.3 is 0 Å². The van der Waals surface area contributed by atoms with E-state index in [2.05, 4.69) is 34.9 Å². The molecule has 1 saturated heterocycles. The smallest absolute Gasteiger partial charge is 0.254 e. The second kappa shape index (κ2) is 12.3. The SMILES string of the molecule is C[C@H]1Oc2cc(cnc2N)-c2c(C#N)nn(CCCCCCN3C[C@H](N)C(C)(C)C3)c2CN(C)C(=O)c2ccc(F)cc21. The topological polar surface area (TPSA) is 139 Å². The Kier molecular flexibility index (Phi) is 8.71. The summed E-state index contributed by atoms with van der Waals surface area (Å²) in [6, 6.07) is 8.23. The first-order valence-electron chi connectivity index (χ1n) is 14.9. The number of carbonyl (C=O) groups is 1. The molecule has 2 aliphatic heterocycles. The molecule has 43 heavy (non-hydrogen) atoms. The zero-order valence-electron chi connectivity index (χ0n) is 25.4. The summed E-state index contributed by atoms with van der Waals surface area (Å²) in [5.74, 6) is -0.321. The van der Waals surface area contributed by atoms with Gasteiger partial charge in [0, 0.05) is 61.2 Å². The molecule has 11 heteroatoms. The van der Waals surface area contributed by atoms with E-state index in [1.54, 1.807) is 31.1 Å². The zero-order chi connectivity index (χ0) is 30.9. The van der Waals surface area contributed by atoms with Crippen molar-refractivity contribution in [3.05, 3.63) is 58.8 Å². The Morgan fingerprint density at radius 3 is 2.63 bits per heavy atom. The number of hydrogen-bond acceptors (Lipinski definition) is 8. The Morgan fingerprint density at radius 2 is 1.93 bits per heavy atom. The summed E-state index contributed by atoms with van der Waals surface area (Å²) in [7, 11) is 1.69. The quantitative estimate of drug-likeness (QED) is 0.385. The number of pyridine rings is 1. The van der Waals surface area contributed by atoms with Gasteiger partial charge in [-0.25, -0.2) is 9.37 Å². The van der Waals surface area contributed by atoms with E-state index in [-0.39, 0.29) is 41.2 Å². The fourth-order valence-electron chi connectivity index (χ4n) is 6.14. The Morgan fingerprint density at radius 1 is 1.19 bits per heavy atom. The number of aryl methyl sites for hydroxylation is 1. The molecule has 5 rings (SSSR count). The van der Waals surface area contributed by atoms with Crippen LogP contribution in [0, 0.1) is 22.6 Å². The number of unbranched alkanes of at least 4 members (excludes halogenated alkanes) is 3. The molecule has 1 aromatic carbocycles. The van der Waals surface area contributed by atoms with Crippen LogP contribution in [0.4, 0.5) is 10.2 Å². The number of rotatable bonds is 7. The summed E-state index contributed by atoms with van der Waals surface area (Å²) in [5.41, 5.74) is 15.5. The van der Waals surface area contributed by atoms with Gasteiger partial charge in [-0.3, -0.25) is 9.48 Å². The van der Waals surface area contributed by atoms with E-state index in [4.69, 9.17) is 16.2 Å². The first kappa shape index (κ1) is 30.4. The molecule has 0 unspecified atom stereocenters. The second-order valence-corrected chi connectivity index (χ2v) is 12.5. The molecule has 3 aromatic rings. The average Bonchev–Trinajstić information content (AvgIpc) is 3.44. The van der Waals surface area contributed by atoms with Gasteiger partial charge in [-0.2, -0.15) is 10.4 Å². The molecule has 0 radical (unpaired) electrons. The summed E-state index contributed by atoms with van der Waals surface area (Å²) in [4.78, 5) is 22.0. The number of likely N-dealkylation sites (tertiary alicyclic amines) is 1. The molecule has 1 fully saturated rings. The predicted molar refractivity (Wildman–Crippen MR) is 162 cm³/mol. The Labute approximate surface area is 252 Å². The number of halogens is 1. The van der Waals surface area contributed by atoms with Crippen molar-refractivity contribution in [2.24, 2.45) is 11.1 Å². The molecule has 2 aromatic heterocycles. The third kappa shape index (κ3) is 6.36. The van der Waals surface area contributed by atoms with Gasteiger partial charge in [0.25, 0.3) is 5.91 Å². The van der Waals surface area contributed by atoms with Crippen molar-refractivity contribution in [2.45, 2.75) is 71.7 Å². The standard InChI is InChI=1S/C32H41FN8O2/c1-20-24-14-22(33)9-10-23(24)31(42)39(4)17-26-29(21-13-27(43-20)30(36)37-16-21)25(15-34)38-41(26)12-8-6-5-7-11-40-18-28(35)32(2,3)19-40/h9-10,13-14,16,20,28H,5-8,11-12,17-19,35H2,1-4H3,(H2,36,37)/t20-,28+/m1/s1. The van der Waals surface area contributed by atoms with E-state index in [1.165, 1.54) is 18.2 Å². The number of nitrogen functional groups attached to an aromatic ring is 1. The predicted octanol–water partition coefficient (Wildman–Crippen LogP) is 4.49. The number of nitrogens with zero attached hydrogens (tertiary/aromatic N) is 6. The maximum absolute atomic E-state index is 14.3. The van der Waals surface area contributed by atoms with Crippen LogP contribution in [0.3, 0.4) is 0 Å². The molecule has 4 heterocycles. The van der Waals surface area contributed by atoms with Crippen LogP contribution >= 0.6 is 0 Å². The zero-order valence-corrected chi connectivity index (χ0v) is 25.4. The minimum Gasteiger partial charge on any atom is -0.482 e. The normalized spacial score (nSPS) is 20.0. The molecule has 4 N–H and O–H groups in total. The van der Waals surface area contributed by atoms with Crippen molar-refractivity contribution in [1.29, 1.82) is 5.26 Å². The van der Waals surface area contributed by atoms with Gasteiger partial charge in [0.05, 0.1) is 12.2 Å². The van der Waals surface area contributed by atoms with Gasteiger partial charge in [-0.1, -0.05) is 26.7 Å². The van der Waals surface area contributed by atoms with Crippen LogP contribution in [0.25, 0.3) is 11.1 Å². The minimum absolute atomic E-state index is 0.154. The summed E-state index contributed by atoms with van der Waals surface area (Å²) in [6.45, 7) is 9.99. The van der Waals surface area contributed by atoms with Gasteiger partial charge in [0.15, 0.2) is 17.3 Å². The largest absolute Gasteiger partial charge is 0.482 e. The van der Waals surface area contributed by atoms with Crippen LogP contribution in [0.5, 0.6) is 5.75 Å². The molecule has 0 aliphatic carbocycles. The number of aromatic nitrogens is 3. The highest BCUT2D eigenvalue weighted by Gasteiger charge is 2.36. The number of hydrogen-bond donors (Lipinski definition) is 2. The highest BCUT2D eigenvalue weighted by molar-refractivity contribution is 5.96. The van der Waals surface area contributed by atoms with E-state index in [0.717, 1.165) is 51.0 Å². The molecule has 228 valence electrons. The molecular weight excluding hydrogens is 547 g/mol. The van der Waals surface area contributed by atoms with E-state index >= 15 is 0 Å². The van der Waals surface area contributed by atoms with Crippen LogP contribution < -0.4 is 16.2 Å². The maximum atomic E-state index is 14.3. The van der Waals surface area contributed by atoms with Gasteiger partial charge in [0.2, 0.25) is 0 Å². The number of carbonyl (C=O) groups excluding carboxylic acids is 1. The number of ether oxygens (including phenoxy) is 1. The number of amides is 1. The van der Waals surface area contributed by atoms with Gasteiger partial charge in [0.1, 0.15) is 18.0 Å². The van der Waals surface area contributed by atoms with Crippen molar-refractivity contribution in [1.82, 2.24) is 24.6 Å². The summed E-state index contributed by atoms with van der Waals surface area (Å²) < 4.78 is 22.3. The summed E-state index contributed by atoms with van der Waals surface area (Å²) in [5, 5.41) is 14.7. The van der Waals surface area contributed by atoms with E-state index in [1.807, 2.05) is 4.68 Å². The van der Waals surface area contributed by atoms with Crippen molar-refractivity contribution >= 4 is 11.7 Å². The van der Waals surface area contributed by atoms with Crippen molar-refractivity contribution < 1.29 is 13.9 Å². The first-order chi connectivity index (χ1) is 20.5. The molecule has 2 atom stereocenters. The molecule has 1 amide bonds. The van der Waals surface area contributed by atoms with E-state index < -0.39 is 11.9 Å². The van der Waals surface area contributed by atoms with Crippen LogP contribution in [0.2, 0.25) is 0 Å². The Bertz CT molecular complexity index is 1540. The number of benzene rings is 1. The van der Waals surface area contributed by atoms with Gasteiger partial charge in [-0.15, -0.1) is 0 Å². The van der Waals surface area contributed by atoms with Crippen LogP contribution in [0.15, 0.2) is 30.5 Å². The third-order valence-corrected chi connectivity index (χ3v) is 8.74. The lowest BCUT2D eigenvalue weighted by atomic mass is 9.89. The van der Waals surface area contributed by atoms with Crippen LogP contribution in [-0.2, 0) is 13.1 Å². The second-order valence-electron chi connectivity index (χ2n) is 12.5. The number of anilines is 1. The fourth-order valence-corrected chi connectivity index (χ4v) is 6.14. The monoisotopic (exact) mass is 588 g/mol. The molecule has 2 aliphatic rings. The Hall–Kier alpha value is -4.01. The molecule has 2 bridgehead atoms. The number of nitrogens with two attached hydrogens (primary N) is 2. The van der Waals surface area contributed by atoms with Crippen LogP contribution in [0.1, 0.15) is 79.9 Å². The lowest BCUT2D eigenvalue weighted by Crippen LogP contribution is -2.35. The lowest BCUT2D eigenvalue weighted by molar-refractivity contribution is 0.0776. The molecule has 0 spiro atoms. The molecule has 0 saturated carbocycles. The van der Waals surface area contributed by atoms with Gasteiger partial charge < -0.3 is 26.0 Å². The van der Waals surface area contributed by atoms with E-state index in [0.29, 0.717) is 28.8 Å². The fraction of sp³-hybridized carbons (Fsp3) is 0.500. The molecule has 10 nitrogen and oxygen atoms in total. The molecular formula is C32H41FN8O2. The lowest BCUT2D eigenvalue weighted by Gasteiger charge is -2.24. The highest BCUT2D eigenvalue weighted by Crippen LogP contribution is 2.36. The van der Waals surface area contributed by atoms with E-state index in [9.17, 15) is 14.4 Å². The third-order valence-electron chi connectivity index (χ3n) is 8.74. The first-order valence-corrected chi connectivity index (χ1v) is 14.9. The van der Waals surface area contributed by atoms with Crippen LogP contribution in [-0.4, -0.2) is 63.2 Å². The average molecular weight is 589 g/mol. The minimum atomic E-state index is -0.687. The van der Waals surface area contributed by atoms with Crippen molar-refractivity contribution in [3.8, 4) is 22.9 Å². The van der Waals surface area contributed by atoms with Crippen molar-refractivity contribution in [2.75, 3.05) is 32.4 Å². The number of fused-ring (bicyclic) bond motifs is 5.